The van der Waals surface area contributed by atoms with Crippen LogP contribution in [0.15, 0.2) is 5.16 Å². The standard InChI is InChI=1S/C5H10N2O2/c1-7(2)5(8)4-6-9-3/h4H,1-3H3/b6-4-. The summed E-state index contributed by atoms with van der Waals surface area (Å²) in [6, 6.07) is 0. The zero-order valence-electron chi connectivity index (χ0n) is 5.79. The molecule has 0 radical (unpaired) electrons. The summed E-state index contributed by atoms with van der Waals surface area (Å²) in [7, 11) is 4.67. The van der Waals surface area contributed by atoms with E-state index < -0.39 is 0 Å². The summed E-state index contributed by atoms with van der Waals surface area (Å²) in [5.74, 6) is -0.183. The highest BCUT2D eigenvalue weighted by molar-refractivity contribution is 6.25. The first-order valence-corrected chi connectivity index (χ1v) is 2.46. The van der Waals surface area contributed by atoms with Crippen molar-refractivity contribution in [2.75, 3.05) is 21.2 Å². The van der Waals surface area contributed by atoms with E-state index in [2.05, 4.69) is 9.99 Å². The van der Waals surface area contributed by atoms with Crippen LogP contribution in [0.25, 0.3) is 0 Å². The Balaban J connectivity index is 3.63. The van der Waals surface area contributed by atoms with E-state index in [4.69, 9.17) is 0 Å². The molecule has 1 amide bonds. The normalized spacial score (nSPS) is 9.67. The van der Waals surface area contributed by atoms with E-state index in [1.165, 1.54) is 12.0 Å². The van der Waals surface area contributed by atoms with Gasteiger partial charge in [0.1, 0.15) is 13.3 Å². The van der Waals surface area contributed by atoms with Crippen molar-refractivity contribution in [2.45, 2.75) is 0 Å². The Morgan fingerprint density at radius 2 is 2.22 bits per heavy atom. The summed E-state index contributed by atoms with van der Waals surface area (Å²) in [5, 5.41) is 3.28. The number of hydrogen-bond acceptors (Lipinski definition) is 3. The molecule has 4 nitrogen and oxygen atoms in total. The smallest absolute Gasteiger partial charge is 0.267 e. The second kappa shape index (κ2) is 3.88. The Morgan fingerprint density at radius 1 is 1.67 bits per heavy atom. The van der Waals surface area contributed by atoms with Gasteiger partial charge in [0, 0.05) is 14.1 Å². The maximum absolute atomic E-state index is 10.6. The van der Waals surface area contributed by atoms with E-state index in [1.54, 1.807) is 14.1 Å². The fourth-order valence-electron chi connectivity index (χ4n) is 0.213. The molecule has 0 aromatic heterocycles. The predicted molar refractivity (Wildman–Crippen MR) is 34.2 cm³/mol. The molecule has 0 saturated heterocycles. The summed E-state index contributed by atoms with van der Waals surface area (Å²) < 4.78 is 0. The van der Waals surface area contributed by atoms with E-state index >= 15 is 0 Å². The van der Waals surface area contributed by atoms with Gasteiger partial charge in [0.25, 0.3) is 5.91 Å². The molecule has 0 spiro atoms. The van der Waals surface area contributed by atoms with Crippen molar-refractivity contribution in [3.8, 4) is 0 Å². The van der Waals surface area contributed by atoms with Gasteiger partial charge in [-0.25, -0.2) is 0 Å². The van der Waals surface area contributed by atoms with Crippen molar-refractivity contribution in [2.24, 2.45) is 5.16 Å². The number of oxime groups is 1. The van der Waals surface area contributed by atoms with Crippen LogP contribution in [-0.4, -0.2) is 38.2 Å². The molecular weight excluding hydrogens is 120 g/mol. The van der Waals surface area contributed by atoms with E-state index in [1.807, 2.05) is 0 Å². The van der Waals surface area contributed by atoms with Crippen LogP contribution in [0.5, 0.6) is 0 Å². The average molecular weight is 130 g/mol. The summed E-state index contributed by atoms with van der Waals surface area (Å²) >= 11 is 0. The summed E-state index contributed by atoms with van der Waals surface area (Å²) in [6.45, 7) is 0. The lowest BCUT2D eigenvalue weighted by atomic mass is 10.6. The van der Waals surface area contributed by atoms with Crippen molar-refractivity contribution in [1.82, 2.24) is 4.90 Å². The van der Waals surface area contributed by atoms with E-state index in [0.717, 1.165) is 6.21 Å². The van der Waals surface area contributed by atoms with Crippen LogP contribution < -0.4 is 0 Å². The SMILES string of the molecule is CO/N=C\C(=O)N(C)C. The van der Waals surface area contributed by atoms with Crippen molar-refractivity contribution in [1.29, 1.82) is 0 Å². The third-order valence-corrected chi connectivity index (χ3v) is 0.709. The lowest BCUT2D eigenvalue weighted by Gasteiger charge is -2.03. The molecule has 0 aromatic rings. The van der Waals surface area contributed by atoms with Crippen molar-refractivity contribution in [3.05, 3.63) is 0 Å². The van der Waals surface area contributed by atoms with Gasteiger partial charge in [-0.15, -0.1) is 0 Å². The Kier molecular flexibility index (Phi) is 3.43. The number of rotatable bonds is 2. The van der Waals surface area contributed by atoms with Crippen LogP contribution in [0.3, 0.4) is 0 Å². The van der Waals surface area contributed by atoms with Gasteiger partial charge in [-0.3, -0.25) is 4.79 Å². The molecule has 0 aliphatic carbocycles. The zero-order chi connectivity index (χ0) is 7.28. The van der Waals surface area contributed by atoms with Gasteiger partial charge in [-0.1, -0.05) is 5.16 Å². The van der Waals surface area contributed by atoms with Gasteiger partial charge in [-0.2, -0.15) is 0 Å². The van der Waals surface area contributed by atoms with E-state index in [-0.39, 0.29) is 5.91 Å². The fourth-order valence-corrected chi connectivity index (χ4v) is 0.213. The second-order valence-electron chi connectivity index (χ2n) is 1.65. The molecule has 0 aromatic carbocycles. The number of carbonyl (C=O) groups is 1. The van der Waals surface area contributed by atoms with Crippen LogP contribution >= 0.6 is 0 Å². The average Bonchev–Trinajstić information content (AvgIpc) is 1.82. The Bertz CT molecular complexity index is 120. The van der Waals surface area contributed by atoms with Crippen LogP contribution in [-0.2, 0) is 9.63 Å². The molecule has 0 aliphatic heterocycles. The minimum absolute atomic E-state index is 0.183. The first kappa shape index (κ1) is 7.94. The second-order valence-corrected chi connectivity index (χ2v) is 1.65. The van der Waals surface area contributed by atoms with Crippen LogP contribution in [0, 0.1) is 0 Å². The maximum atomic E-state index is 10.6. The van der Waals surface area contributed by atoms with Crippen molar-refractivity contribution < 1.29 is 9.63 Å². The van der Waals surface area contributed by atoms with Crippen molar-refractivity contribution >= 4 is 12.1 Å². The molecule has 4 heteroatoms. The third kappa shape index (κ3) is 3.52. The number of amides is 1. The summed E-state index contributed by atoms with van der Waals surface area (Å²) in [4.78, 5) is 16.3. The molecule has 0 N–H and O–H groups in total. The van der Waals surface area contributed by atoms with Crippen LogP contribution in [0.2, 0.25) is 0 Å². The molecule has 0 bridgehead atoms. The first-order valence-electron chi connectivity index (χ1n) is 2.46. The summed E-state index contributed by atoms with van der Waals surface area (Å²) in [5.41, 5.74) is 0. The molecule has 52 valence electrons. The number of nitrogens with zero attached hydrogens (tertiary/aromatic N) is 2. The van der Waals surface area contributed by atoms with Crippen LogP contribution in [0.1, 0.15) is 0 Å². The fraction of sp³-hybridized carbons (Fsp3) is 0.600. The molecule has 9 heavy (non-hydrogen) atoms. The predicted octanol–water partition coefficient (Wildman–Crippen LogP) is -0.293. The highest BCUT2D eigenvalue weighted by Gasteiger charge is 1.96. The molecule has 0 fully saturated rings. The monoisotopic (exact) mass is 130 g/mol. The lowest BCUT2D eigenvalue weighted by Crippen LogP contribution is -2.22. The third-order valence-electron chi connectivity index (χ3n) is 0.709. The molecule has 0 unspecified atom stereocenters. The minimum Gasteiger partial charge on any atom is -0.399 e. The Labute approximate surface area is 54.1 Å². The van der Waals surface area contributed by atoms with Gasteiger partial charge < -0.3 is 9.74 Å². The molecule has 0 saturated carbocycles. The highest BCUT2D eigenvalue weighted by atomic mass is 16.6. The topological polar surface area (TPSA) is 41.9 Å². The van der Waals surface area contributed by atoms with Gasteiger partial charge in [0.2, 0.25) is 0 Å². The number of hydrogen-bond donors (Lipinski definition) is 0. The van der Waals surface area contributed by atoms with Gasteiger partial charge in [-0.05, 0) is 0 Å². The molecule has 0 rings (SSSR count). The van der Waals surface area contributed by atoms with Gasteiger partial charge in [0.05, 0.1) is 0 Å². The maximum Gasteiger partial charge on any atom is 0.267 e. The van der Waals surface area contributed by atoms with E-state index in [0.29, 0.717) is 0 Å². The lowest BCUT2D eigenvalue weighted by molar-refractivity contribution is -0.121. The van der Waals surface area contributed by atoms with Gasteiger partial charge in [0.15, 0.2) is 0 Å². The minimum atomic E-state index is -0.183. The Hall–Kier alpha value is -1.06. The molecule has 0 aliphatic rings. The zero-order valence-corrected chi connectivity index (χ0v) is 5.79. The van der Waals surface area contributed by atoms with Gasteiger partial charge >= 0.3 is 0 Å². The summed E-state index contributed by atoms with van der Waals surface area (Å²) in [6.07, 6.45) is 1.11. The van der Waals surface area contributed by atoms with Crippen LogP contribution in [0.4, 0.5) is 0 Å². The highest BCUT2D eigenvalue weighted by Crippen LogP contribution is 1.73. The molecule has 0 heterocycles. The molecular formula is C5H10N2O2. The number of carbonyl (C=O) groups excluding carboxylic acids is 1. The first-order chi connectivity index (χ1) is 4.18. The van der Waals surface area contributed by atoms with E-state index in [9.17, 15) is 4.79 Å². The van der Waals surface area contributed by atoms with Crippen molar-refractivity contribution in [3.63, 3.8) is 0 Å². The Morgan fingerprint density at radius 3 is 2.56 bits per heavy atom. The molecule has 0 atom stereocenters. The quantitative estimate of drug-likeness (QED) is 0.380. The largest absolute Gasteiger partial charge is 0.399 e.